The van der Waals surface area contributed by atoms with Crippen LogP contribution < -0.4 is 29.6 Å². The molecular weight excluding hydrogens is 407 g/mol. The molecule has 0 amide bonds. The quantitative estimate of drug-likeness (QED) is 0.151. The first kappa shape index (κ1) is 33.0. The fraction of sp³-hybridized carbons (Fsp3) is 1.00. The number of unbranched alkanes of at least 4 members (excludes halogenated alkanes) is 14. The molecule has 2 unspecified atom stereocenters. The summed E-state index contributed by atoms with van der Waals surface area (Å²) in [6, 6.07) is 0. The van der Waals surface area contributed by atoms with Crippen molar-refractivity contribution in [1.29, 1.82) is 0 Å². The second-order valence-corrected chi connectivity index (χ2v) is 10.5. The van der Waals surface area contributed by atoms with Gasteiger partial charge in [0.05, 0.1) is 16.2 Å². The molecule has 0 fully saturated rings. The molecule has 0 aromatic rings. The van der Waals surface area contributed by atoms with Crippen LogP contribution in [0.25, 0.3) is 0 Å². The zero-order chi connectivity index (χ0) is 21.8. The Morgan fingerprint density at radius 2 is 0.967 bits per heavy atom. The van der Waals surface area contributed by atoms with Crippen molar-refractivity contribution in [2.45, 2.75) is 154 Å². The molecular formula is C24H49NaO4S. The molecule has 176 valence electrons. The molecule has 0 aliphatic heterocycles. The molecule has 0 aliphatic rings. The SMILES string of the molecule is CCCCC(CCCCCCCCCCCCCCCCC(O)CC)S(=O)(=O)[O-].[Na+]. The molecule has 0 aromatic heterocycles. The Bertz CT molecular complexity index is 442. The van der Waals surface area contributed by atoms with Crippen molar-refractivity contribution in [3.05, 3.63) is 0 Å². The maximum absolute atomic E-state index is 11.3. The maximum Gasteiger partial charge on any atom is 1.00 e. The second kappa shape index (κ2) is 23.0. The molecule has 0 aliphatic carbocycles. The molecule has 0 saturated carbocycles. The van der Waals surface area contributed by atoms with Gasteiger partial charge < -0.3 is 9.66 Å². The van der Waals surface area contributed by atoms with Crippen LogP contribution in [0.3, 0.4) is 0 Å². The van der Waals surface area contributed by atoms with Gasteiger partial charge in [0.25, 0.3) is 0 Å². The van der Waals surface area contributed by atoms with Crippen LogP contribution in [0.15, 0.2) is 0 Å². The summed E-state index contributed by atoms with van der Waals surface area (Å²) in [6.07, 6.45) is 21.9. The van der Waals surface area contributed by atoms with Crippen LogP contribution in [0.2, 0.25) is 0 Å². The topological polar surface area (TPSA) is 77.4 Å². The van der Waals surface area contributed by atoms with Crippen molar-refractivity contribution in [3.63, 3.8) is 0 Å². The molecule has 0 heterocycles. The van der Waals surface area contributed by atoms with Gasteiger partial charge >= 0.3 is 29.6 Å². The molecule has 0 bridgehead atoms. The number of rotatable bonds is 22. The number of aliphatic hydroxyl groups excluding tert-OH is 1. The van der Waals surface area contributed by atoms with Crippen molar-refractivity contribution >= 4 is 10.1 Å². The van der Waals surface area contributed by atoms with Gasteiger partial charge in [-0.25, -0.2) is 8.42 Å². The van der Waals surface area contributed by atoms with Crippen LogP contribution in [-0.4, -0.2) is 29.4 Å². The summed E-state index contributed by atoms with van der Waals surface area (Å²) in [5.74, 6) is 0. The summed E-state index contributed by atoms with van der Waals surface area (Å²) >= 11 is 0. The molecule has 2 atom stereocenters. The molecule has 6 heteroatoms. The third kappa shape index (κ3) is 22.1. The standard InChI is InChI=1S/C24H50O4S.Na/c1-3-5-21-24(29(26,27)28)22-19-17-15-13-11-9-7-6-8-10-12-14-16-18-20-23(25)4-2;/h23-25H,3-22H2,1-2H3,(H,26,27,28);/q;+1/p-1. The van der Waals surface area contributed by atoms with E-state index in [2.05, 4.69) is 0 Å². The van der Waals surface area contributed by atoms with E-state index < -0.39 is 15.4 Å². The first-order chi connectivity index (χ1) is 13.9. The molecule has 0 spiro atoms. The van der Waals surface area contributed by atoms with Gasteiger partial charge in [-0.1, -0.05) is 117 Å². The molecule has 1 N–H and O–H groups in total. The van der Waals surface area contributed by atoms with E-state index in [1.165, 1.54) is 70.6 Å². The summed E-state index contributed by atoms with van der Waals surface area (Å²) in [5, 5.41) is 8.85. The first-order valence-corrected chi connectivity index (χ1v) is 14.0. The average molecular weight is 457 g/mol. The van der Waals surface area contributed by atoms with Gasteiger partial charge in [-0.05, 0) is 25.7 Å². The minimum absolute atomic E-state index is 0. The maximum atomic E-state index is 11.3. The van der Waals surface area contributed by atoms with Crippen LogP contribution in [0.5, 0.6) is 0 Å². The zero-order valence-electron chi connectivity index (χ0n) is 20.4. The minimum atomic E-state index is -4.12. The summed E-state index contributed by atoms with van der Waals surface area (Å²) < 4.78 is 33.9. The van der Waals surface area contributed by atoms with E-state index in [4.69, 9.17) is 0 Å². The van der Waals surface area contributed by atoms with Crippen molar-refractivity contribution < 1.29 is 47.6 Å². The Kier molecular flexibility index (Phi) is 25.4. The van der Waals surface area contributed by atoms with E-state index in [9.17, 15) is 18.1 Å². The minimum Gasteiger partial charge on any atom is -0.748 e. The van der Waals surface area contributed by atoms with Crippen LogP contribution in [0.4, 0.5) is 0 Å². The Balaban J connectivity index is 0. The molecule has 0 radical (unpaired) electrons. The van der Waals surface area contributed by atoms with Crippen molar-refractivity contribution in [2.24, 2.45) is 0 Å². The van der Waals surface area contributed by atoms with E-state index in [0.29, 0.717) is 12.8 Å². The van der Waals surface area contributed by atoms with Gasteiger partial charge in [0.1, 0.15) is 0 Å². The predicted molar refractivity (Wildman–Crippen MR) is 123 cm³/mol. The van der Waals surface area contributed by atoms with Crippen LogP contribution in [0.1, 0.15) is 142 Å². The molecule has 0 aromatic carbocycles. The van der Waals surface area contributed by atoms with E-state index >= 15 is 0 Å². The van der Waals surface area contributed by atoms with Crippen LogP contribution in [0, 0.1) is 0 Å². The average Bonchev–Trinajstić information content (AvgIpc) is 2.68. The van der Waals surface area contributed by atoms with Gasteiger partial charge in [-0.2, -0.15) is 0 Å². The van der Waals surface area contributed by atoms with Gasteiger partial charge in [0.2, 0.25) is 0 Å². The largest absolute Gasteiger partial charge is 1.00 e. The van der Waals surface area contributed by atoms with Crippen molar-refractivity contribution in [2.75, 3.05) is 0 Å². The number of hydrogen-bond acceptors (Lipinski definition) is 4. The van der Waals surface area contributed by atoms with Crippen LogP contribution >= 0.6 is 0 Å². The third-order valence-corrected chi connectivity index (χ3v) is 7.36. The predicted octanol–water partition coefficient (Wildman–Crippen LogP) is 4.11. The fourth-order valence-electron chi connectivity index (χ4n) is 3.94. The molecule has 0 rings (SSSR count). The Morgan fingerprint density at radius 3 is 1.30 bits per heavy atom. The Labute approximate surface area is 210 Å². The van der Waals surface area contributed by atoms with Gasteiger partial charge in [-0.3, -0.25) is 0 Å². The molecule has 30 heavy (non-hydrogen) atoms. The summed E-state index contributed by atoms with van der Waals surface area (Å²) in [5.41, 5.74) is 0. The van der Waals surface area contributed by atoms with Gasteiger partial charge in [0, 0.05) is 5.25 Å². The fourth-order valence-corrected chi connectivity index (χ4v) is 4.85. The zero-order valence-corrected chi connectivity index (χ0v) is 23.2. The third-order valence-electron chi connectivity index (χ3n) is 6.07. The van der Waals surface area contributed by atoms with Gasteiger partial charge in [-0.15, -0.1) is 0 Å². The van der Waals surface area contributed by atoms with Crippen LogP contribution in [-0.2, 0) is 10.1 Å². The van der Waals surface area contributed by atoms with E-state index in [1.54, 1.807) is 0 Å². The number of aliphatic hydroxyl groups is 1. The van der Waals surface area contributed by atoms with Crippen molar-refractivity contribution in [3.8, 4) is 0 Å². The molecule has 0 saturated heterocycles. The first-order valence-electron chi connectivity index (χ1n) is 12.5. The summed E-state index contributed by atoms with van der Waals surface area (Å²) in [6.45, 7) is 4.07. The monoisotopic (exact) mass is 456 g/mol. The van der Waals surface area contributed by atoms with Crippen molar-refractivity contribution in [1.82, 2.24) is 0 Å². The number of hydrogen-bond donors (Lipinski definition) is 1. The summed E-state index contributed by atoms with van der Waals surface area (Å²) in [7, 11) is -4.12. The van der Waals surface area contributed by atoms with Gasteiger partial charge in [0.15, 0.2) is 0 Å². The second-order valence-electron chi connectivity index (χ2n) is 8.85. The smallest absolute Gasteiger partial charge is 0.748 e. The Hall–Kier alpha value is 0.870. The van der Waals surface area contributed by atoms with E-state index in [1.807, 2.05) is 13.8 Å². The normalized spacial score (nSPS) is 13.7. The molecule has 4 nitrogen and oxygen atoms in total. The van der Waals surface area contributed by atoms with E-state index in [-0.39, 0.29) is 35.7 Å². The van der Waals surface area contributed by atoms with E-state index in [0.717, 1.165) is 44.9 Å². The summed E-state index contributed by atoms with van der Waals surface area (Å²) in [4.78, 5) is 0. The Morgan fingerprint density at radius 1 is 0.633 bits per heavy atom.